The van der Waals surface area contributed by atoms with Crippen LogP contribution in [-0.2, 0) is 10.5 Å². The Bertz CT molecular complexity index is 548. The summed E-state index contributed by atoms with van der Waals surface area (Å²) in [7, 11) is 0. The van der Waals surface area contributed by atoms with Crippen molar-refractivity contribution < 1.29 is 4.79 Å². The molecule has 19 heavy (non-hydrogen) atoms. The highest BCUT2D eigenvalue weighted by molar-refractivity contribution is 7.99. The molecule has 0 bridgehead atoms. The summed E-state index contributed by atoms with van der Waals surface area (Å²) in [5.41, 5.74) is 3.43. The fourth-order valence-corrected chi connectivity index (χ4v) is 2.38. The Morgan fingerprint density at radius 1 is 1.32 bits per heavy atom. The van der Waals surface area contributed by atoms with Gasteiger partial charge in [0.1, 0.15) is 5.82 Å². The summed E-state index contributed by atoms with van der Waals surface area (Å²) in [6.45, 7) is 3.97. The molecule has 2 aromatic rings. The maximum absolute atomic E-state index is 11.7. The highest BCUT2D eigenvalue weighted by Gasteiger charge is 2.06. The van der Waals surface area contributed by atoms with Gasteiger partial charge in [-0.1, -0.05) is 29.8 Å². The van der Waals surface area contributed by atoms with Gasteiger partial charge in [-0.25, -0.2) is 0 Å². The minimum atomic E-state index is -0.00976. The number of hydrogen-bond donors (Lipinski definition) is 2. The van der Waals surface area contributed by atoms with Crippen molar-refractivity contribution in [3.8, 4) is 0 Å². The molecule has 100 valence electrons. The molecular formula is C14H17N3OS. The summed E-state index contributed by atoms with van der Waals surface area (Å²) in [5.74, 6) is 1.95. The predicted molar refractivity (Wildman–Crippen MR) is 79.3 cm³/mol. The van der Waals surface area contributed by atoms with Crippen LogP contribution < -0.4 is 5.32 Å². The monoisotopic (exact) mass is 275 g/mol. The first-order valence-electron chi connectivity index (χ1n) is 6.08. The lowest BCUT2D eigenvalue weighted by Crippen LogP contribution is -2.15. The molecule has 0 saturated carbocycles. The average molecular weight is 275 g/mol. The van der Waals surface area contributed by atoms with E-state index >= 15 is 0 Å². The maximum Gasteiger partial charge on any atom is 0.235 e. The number of amides is 1. The van der Waals surface area contributed by atoms with Gasteiger partial charge in [-0.15, -0.1) is 11.8 Å². The molecule has 0 saturated heterocycles. The lowest BCUT2D eigenvalue weighted by atomic mass is 10.2. The van der Waals surface area contributed by atoms with Gasteiger partial charge >= 0.3 is 0 Å². The predicted octanol–water partition coefficient (Wildman–Crippen LogP) is 2.90. The van der Waals surface area contributed by atoms with Crippen LogP contribution >= 0.6 is 11.8 Å². The van der Waals surface area contributed by atoms with Crippen molar-refractivity contribution in [3.05, 3.63) is 47.2 Å². The van der Waals surface area contributed by atoms with Crippen molar-refractivity contribution in [2.45, 2.75) is 19.6 Å². The third-order valence-electron chi connectivity index (χ3n) is 2.72. The van der Waals surface area contributed by atoms with Gasteiger partial charge in [0, 0.05) is 11.3 Å². The summed E-state index contributed by atoms with van der Waals surface area (Å²) >= 11 is 1.60. The second-order valence-electron chi connectivity index (χ2n) is 4.45. The highest BCUT2D eigenvalue weighted by atomic mass is 32.2. The third-order valence-corrected chi connectivity index (χ3v) is 3.72. The van der Waals surface area contributed by atoms with E-state index in [2.05, 4.69) is 46.7 Å². The van der Waals surface area contributed by atoms with Crippen LogP contribution in [0.4, 0.5) is 5.82 Å². The van der Waals surface area contributed by atoms with Crippen molar-refractivity contribution in [3.63, 3.8) is 0 Å². The Balaban J connectivity index is 1.75. The fourth-order valence-electron chi connectivity index (χ4n) is 1.59. The number of aromatic amines is 1. The topological polar surface area (TPSA) is 57.8 Å². The number of carbonyl (C=O) groups is 1. The first-order chi connectivity index (χ1) is 9.15. The molecule has 0 fully saturated rings. The highest BCUT2D eigenvalue weighted by Crippen LogP contribution is 2.14. The number of aryl methyl sites for hydroxylation is 2. The molecule has 0 atom stereocenters. The smallest absolute Gasteiger partial charge is 0.235 e. The molecule has 0 aliphatic carbocycles. The number of rotatable bonds is 5. The number of benzene rings is 1. The van der Waals surface area contributed by atoms with Crippen LogP contribution in [0.3, 0.4) is 0 Å². The first kappa shape index (κ1) is 13.7. The molecule has 5 heteroatoms. The molecule has 4 nitrogen and oxygen atoms in total. The Hall–Kier alpha value is -1.75. The second-order valence-corrected chi connectivity index (χ2v) is 5.44. The zero-order valence-corrected chi connectivity index (χ0v) is 11.9. The maximum atomic E-state index is 11.7. The van der Waals surface area contributed by atoms with E-state index in [1.165, 1.54) is 11.1 Å². The van der Waals surface area contributed by atoms with E-state index < -0.39 is 0 Å². The van der Waals surface area contributed by atoms with Crippen molar-refractivity contribution in [2.75, 3.05) is 11.1 Å². The van der Waals surface area contributed by atoms with Gasteiger partial charge < -0.3 is 5.32 Å². The molecule has 2 N–H and O–H groups in total. The number of nitrogens with one attached hydrogen (secondary N) is 2. The lowest BCUT2D eigenvalue weighted by molar-refractivity contribution is -0.113. The molecule has 0 aliphatic heterocycles. The van der Waals surface area contributed by atoms with Crippen LogP contribution in [0.25, 0.3) is 0 Å². The quantitative estimate of drug-likeness (QED) is 0.882. The van der Waals surface area contributed by atoms with Crippen LogP contribution in [-0.4, -0.2) is 21.9 Å². The molecule has 1 amide bonds. The number of thioether (sulfide) groups is 1. The number of carbonyl (C=O) groups excluding carboxylic acids is 1. The number of hydrogen-bond acceptors (Lipinski definition) is 3. The van der Waals surface area contributed by atoms with E-state index in [1.54, 1.807) is 18.0 Å². The minimum Gasteiger partial charge on any atom is -0.310 e. The van der Waals surface area contributed by atoms with Crippen LogP contribution in [0.2, 0.25) is 0 Å². The third kappa shape index (κ3) is 4.13. The minimum absolute atomic E-state index is 0.00976. The summed E-state index contributed by atoms with van der Waals surface area (Å²) < 4.78 is 0. The molecule has 0 unspecified atom stereocenters. The van der Waals surface area contributed by atoms with E-state index in [0.717, 1.165) is 11.3 Å². The SMILES string of the molecule is Cc1ccc(CSCC(=O)Nc2[nH]ncc2C)cc1. The Kier molecular flexibility index (Phi) is 4.63. The van der Waals surface area contributed by atoms with Gasteiger partial charge in [-0.05, 0) is 19.4 Å². The van der Waals surface area contributed by atoms with Gasteiger partial charge in [0.2, 0.25) is 5.91 Å². The van der Waals surface area contributed by atoms with E-state index in [-0.39, 0.29) is 5.91 Å². The van der Waals surface area contributed by atoms with Gasteiger partial charge in [-0.3, -0.25) is 9.89 Å². The van der Waals surface area contributed by atoms with Crippen molar-refractivity contribution in [2.24, 2.45) is 0 Å². The summed E-state index contributed by atoms with van der Waals surface area (Å²) in [4.78, 5) is 11.7. The van der Waals surface area contributed by atoms with Crippen LogP contribution in [0.5, 0.6) is 0 Å². The van der Waals surface area contributed by atoms with Gasteiger partial charge in [0.05, 0.1) is 11.9 Å². The van der Waals surface area contributed by atoms with E-state index in [9.17, 15) is 4.79 Å². The van der Waals surface area contributed by atoms with Crippen molar-refractivity contribution in [1.82, 2.24) is 10.2 Å². The Morgan fingerprint density at radius 3 is 2.68 bits per heavy atom. The summed E-state index contributed by atoms with van der Waals surface area (Å²) in [6.07, 6.45) is 1.69. The van der Waals surface area contributed by atoms with Crippen LogP contribution in [0.15, 0.2) is 30.5 Å². The van der Waals surface area contributed by atoms with E-state index in [0.29, 0.717) is 11.6 Å². The van der Waals surface area contributed by atoms with Crippen LogP contribution in [0, 0.1) is 13.8 Å². The van der Waals surface area contributed by atoms with E-state index in [1.807, 2.05) is 6.92 Å². The fraction of sp³-hybridized carbons (Fsp3) is 0.286. The zero-order chi connectivity index (χ0) is 13.7. The molecule has 0 spiro atoms. The molecule has 1 aromatic carbocycles. The van der Waals surface area contributed by atoms with Crippen LogP contribution in [0.1, 0.15) is 16.7 Å². The molecular weight excluding hydrogens is 258 g/mol. The van der Waals surface area contributed by atoms with Crippen molar-refractivity contribution in [1.29, 1.82) is 0 Å². The Labute approximate surface area is 117 Å². The average Bonchev–Trinajstić information content (AvgIpc) is 2.78. The molecule has 2 rings (SSSR count). The van der Waals surface area contributed by atoms with Gasteiger partial charge in [-0.2, -0.15) is 5.10 Å². The standard InChI is InChI=1S/C14H17N3OS/c1-10-3-5-12(6-4-10)8-19-9-13(18)16-14-11(2)7-15-17-14/h3-7H,8-9H2,1-2H3,(H2,15,16,17,18). The van der Waals surface area contributed by atoms with Crippen molar-refractivity contribution >= 4 is 23.5 Å². The van der Waals surface area contributed by atoms with Gasteiger partial charge in [0.15, 0.2) is 0 Å². The number of nitrogens with zero attached hydrogens (tertiary/aromatic N) is 1. The summed E-state index contributed by atoms with van der Waals surface area (Å²) in [5, 5.41) is 9.43. The molecule has 0 radical (unpaired) electrons. The Morgan fingerprint density at radius 2 is 2.05 bits per heavy atom. The number of anilines is 1. The number of aromatic nitrogens is 2. The second kappa shape index (κ2) is 6.43. The zero-order valence-electron chi connectivity index (χ0n) is 11.1. The normalized spacial score (nSPS) is 10.4. The lowest BCUT2D eigenvalue weighted by Gasteiger charge is -2.04. The summed E-state index contributed by atoms with van der Waals surface area (Å²) in [6, 6.07) is 8.37. The molecule has 1 heterocycles. The molecule has 1 aromatic heterocycles. The number of H-pyrrole nitrogens is 1. The van der Waals surface area contributed by atoms with E-state index in [4.69, 9.17) is 0 Å². The largest absolute Gasteiger partial charge is 0.310 e. The first-order valence-corrected chi connectivity index (χ1v) is 7.24. The van der Waals surface area contributed by atoms with Gasteiger partial charge in [0.25, 0.3) is 0 Å². The molecule has 0 aliphatic rings.